The number of imide groups is 1. The van der Waals surface area contributed by atoms with Gasteiger partial charge in [-0.1, -0.05) is 84.0 Å². The monoisotopic (exact) mass is 504 g/mol. The molecule has 0 bridgehead atoms. The highest BCUT2D eigenvalue weighted by atomic mass is 16.6. The molecule has 1 aliphatic rings. The van der Waals surface area contributed by atoms with Gasteiger partial charge in [-0.05, 0) is 6.42 Å². The van der Waals surface area contributed by atoms with E-state index >= 15 is 0 Å². The van der Waals surface area contributed by atoms with Crippen molar-refractivity contribution in [3.63, 3.8) is 0 Å². The number of nitrogens with one attached hydrogen (secondary N) is 1. The summed E-state index contributed by atoms with van der Waals surface area (Å²) < 4.78 is 5.21. The number of carbonyl (C=O) groups excluding carboxylic acids is 2. The molecule has 0 spiro atoms. The smallest absolute Gasteiger partial charge is 0.286 e. The number of hydrogen-bond acceptors (Lipinski definition) is 9. The van der Waals surface area contributed by atoms with Crippen LogP contribution in [0.3, 0.4) is 0 Å². The van der Waals surface area contributed by atoms with Crippen molar-refractivity contribution in [1.29, 1.82) is 0 Å². The van der Waals surface area contributed by atoms with Gasteiger partial charge in [0.1, 0.15) is 18.3 Å². The molecule has 6 atom stereocenters. The van der Waals surface area contributed by atoms with Crippen molar-refractivity contribution in [2.75, 3.05) is 6.61 Å². The zero-order chi connectivity index (χ0) is 26.3. The number of nitrogens with two attached hydrogens (primary N) is 1. The van der Waals surface area contributed by atoms with Gasteiger partial charge in [0.25, 0.3) is 11.7 Å². The van der Waals surface area contributed by atoms with Gasteiger partial charge >= 0.3 is 0 Å². The van der Waals surface area contributed by atoms with Crippen molar-refractivity contribution in [2.45, 2.75) is 139 Å². The fourth-order valence-electron chi connectivity index (χ4n) is 4.35. The third-order valence-corrected chi connectivity index (χ3v) is 6.67. The first kappa shape index (κ1) is 31.9. The molecular formula is C25H48N2O8. The second-order valence-corrected chi connectivity index (χ2v) is 9.83. The van der Waals surface area contributed by atoms with Crippen LogP contribution in [-0.2, 0) is 14.3 Å². The molecule has 0 aromatic heterocycles. The Bertz CT molecular complexity index is 608. The first-order valence-electron chi connectivity index (χ1n) is 13.3. The predicted molar refractivity (Wildman–Crippen MR) is 131 cm³/mol. The van der Waals surface area contributed by atoms with Crippen LogP contribution in [0.4, 0.5) is 0 Å². The molecule has 1 unspecified atom stereocenters. The Labute approximate surface area is 209 Å². The Morgan fingerprint density at radius 2 is 1.46 bits per heavy atom. The van der Waals surface area contributed by atoms with E-state index in [1.165, 1.54) is 57.8 Å². The van der Waals surface area contributed by atoms with Gasteiger partial charge in [-0.3, -0.25) is 14.9 Å². The highest BCUT2D eigenvalue weighted by molar-refractivity contribution is 5.98. The summed E-state index contributed by atoms with van der Waals surface area (Å²) in [6.07, 6.45) is 8.33. The molecule has 1 fully saturated rings. The molecule has 10 heteroatoms. The van der Waals surface area contributed by atoms with E-state index in [1.54, 1.807) is 0 Å². The van der Waals surface area contributed by atoms with Crippen molar-refractivity contribution < 1.29 is 39.9 Å². The summed E-state index contributed by atoms with van der Waals surface area (Å²) in [4.78, 5) is 24.6. The molecule has 2 amide bonds. The molecule has 0 aromatic rings. The standard InChI is InChI=1S/C25H48N2O8/c1-2-3-4-5-6-7-8-9-10-11-12-13-14-15-20(31)27-24(33)25(34)16-18(29)21(26)23(35-25)22(32)19(30)17-28/h18-19,21-23,28-30,32,34H,2-17,26H2,1H3,(H,27,31,33)/t18-,19+,21+,22+,23+,25?/m0/s1. The van der Waals surface area contributed by atoms with Crippen LogP contribution in [0.2, 0.25) is 0 Å². The van der Waals surface area contributed by atoms with Crippen LogP contribution in [-0.4, -0.2) is 80.2 Å². The van der Waals surface area contributed by atoms with Crippen LogP contribution in [0.5, 0.6) is 0 Å². The first-order chi connectivity index (χ1) is 16.7. The average molecular weight is 505 g/mol. The third kappa shape index (κ3) is 11.6. The van der Waals surface area contributed by atoms with E-state index in [-0.39, 0.29) is 6.42 Å². The molecule has 0 radical (unpaired) electrons. The Kier molecular flexibility index (Phi) is 15.8. The van der Waals surface area contributed by atoms with Crippen LogP contribution >= 0.6 is 0 Å². The minimum Gasteiger partial charge on any atom is -0.394 e. The number of carbonyl (C=O) groups is 2. The Balaban J connectivity index is 2.25. The van der Waals surface area contributed by atoms with E-state index in [4.69, 9.17) is 15.6 Å². The SMILES string of the molecule is CCCCCCCCCCCCCCCC(=O)NC(=O)C1(O)C[C@H](O)[C@@H](N)[C@H]([C@H](O)[C@H](O)CO)O1. The lowest BCUT2D eigenvalue weighted by Crippen LogP contribution is -2.67. The normalized spacial score (nSPS) is 26.3. The van der Waals surface area contributed by atoms with Gasteiger partial charge in [-0.2, -0.15) is 0 Å². The molecule has 1 aliphatic heterocycles. The number of unbranched alkanes of at least 4 members (excludes halogenated alkanes) is 12. The topological polar surface area (TPSA) is 183 Å². The second-order valence-electron chi connectivity index (χ2n) is 9.83. The molecular weight excluding hydrogens is 456 g/mol. The van der Waals surface area contributed by atoms with E-state index < -0.39 is 61.1 Å². The predicted octanol–water partition coefficient (Wildman–Crippen LogP) is 0.990. The van der Waals surface area contributed by atoms with Crippen molar-refractivity contribution in [2.24, 2.45) is 5.73 Å². The summed E-state index contributed by atoms with van der Waals surface area (Å²) in [7, 11) is 0. The van der Waals surface area contributed by atoms with Gasteiger partial charge in [0.05, 0.1) is 18.8 Å². The van der Waals surface area contributed by atoms with Crippen molar-refractivity contribution in [3.8, 4) is 0 Å². The molecule has 0 aromatic carbocycles. The van der Waals surface area contributed by atoms with Crippen LogP contribution < -0.4 is 11.1 Å². The molecule has 10 nitrogen and oxygen atoms in total. The average Bonchev–Trinajstić information content (AvgIpc) is 2.83. The Hall–Kier alpha value is -1.14. The maximum absolute atomic E-state index is 12.5. The van der Waals surface area contributed by atoms with Crippen molar-refractivity contribution in [1.82, 2.24) is 5.32 Å². The highest BCUT2D eigenvalue weighted by Gasteiger charge is 2.52. The van der Waals surface area contributed by atoms with E-state index in [1.807, 2.05) is 0 Å². The molecule has 8 N–H and O–H groups in total. The van der Waals surface area contributed by atoms with Gasteiger partial charge in [0.15, 0.2) is 0 Å². The Morgan fingerprint density at radius 1 is 0.971 bits per heavy atom. The van der Waals surface area contributed by atoms with Crippen LogP contribution in [0, 0.1) is 0 Å². The zero-order valence-corrected chi connectivity index (χ0v) is 21.2. The molecule has 1 rings (SSSR count). The summed E-state index contributed by atoms with van der Waals surface area (Å²) in [5, 5.41) is 51.5. The number of hydrogen-bond donors (Lipinski definition) is 7. The second kappa shape index (κ2) is 17.3. The van der Waals surface area contributed by atoms with Crippen molar-refractivity contribution >= 4 is 11.8 Å². The highest BCUT2D eigenvalue weighted by Crippen LogP contribution is 2.29. The summed E-state index contributed by atoms with van der Waals surface area (Å²) >= 11 is 0. The number of ether oxygens (including phenoxy) is 1. The van der Waals surface area contributed by atoms with Gasteiger partial charge in [0.2, 0.25) is 5.91 Å². The van der Waals surface area contributed by atoms with E-state index in [0.29, 0.717) is 6.42 Å². The number of rotatable bonds is 18. The van der Waals surface area contributed by atoms with E-state index in [2.05, 4.69) is 12.2 Å². The molecule has 35 heavy (non-hydrogen) atoms. The van der Waals surface area contributed by atoms with E-state index in [0.717, 1.165) is 19.3 Å². The minimum atomic E-state index is -2.61. The molecule has 0 saturated carbocycles. The summed E-state index contributed by atoms with van der Waals surface area (Å²) in [5.74, 6) is -4.35. The van der Waals surface area contributed by atoms with Crippen molar-refractivity contribution in [3.05, 3.63) is 0 Å². The van der Waals surface area contributed by atoms with E-state index in [9.17, 15) is 30.0 Å². The fraction of sp³-hybridized carbons (Fsp3) is 0.920. The maximum Gasteiger partial charge on any atom is 0.286 e. The van der Waals surface area contributed by atoms with Gasteiger partial charge in [0, 0.05) is 12.8 Å². The number of amides is 2. The van der Waals surface area contributed by atoms with Crippen LogP contribution in [0.25, 0.3) is 0 Å². The third-order valence-electron chi connectivity index (χ3n) is 6.67. The molecule has 0 aliphatic carbocycles. The first-order valence-corrected chi connectivity index (χ1v) is 13.3. The lowest BCUT2D eigenvalue weighted by atomic mass is 9.89. The van der Waals surface area contributed by atoms with Crippen LogP contribution in [0.1, 0.15) is 103 Å². The van der Waals surface area contributed by atoms with Crippen LogP contribution in [0.15, 0.2) is 0 Å². The molecule has 1 heterocycles. The lowest BCUT2D eigenvalue weighted by molar-refractivity contribution is -0.284. The van der Waals surface area contributed by atoms with Gasteiger partial charge in [-0.25, -0.2) is 0 Å². The summed E-state index contributed by atoms with van der Waals surface area (Å²) in [6.45, 7) is 1.41. The zero-order valence-electron chi connectivity index (χ0n) is 21.2. The summed E-state index contributed by atoms with van der Waals surface area (Å²) in [5.41, 5.74) is 5.76. The van der Waals surface area contributed by atoms with Gasteiger partial charge in [-0.15, -0.1) is 0 Å². The Morgan fingerprint density at radius 3 is 1.94 bits per heavy atom. The largest absolute Gasteiger partial charge is 0.394 e. The molecule has 1 saturated heterocycles. The quantitative estimate of drug-likeness (QED) is 0.134. The lowest BCUT2D eigenvalue weighted by Gasteiger charge is -2.44. The number of aliphatic hydroxyl groups excluding tert-OH is 4. The van der Waals surface area contributed by atoms with Gasteiger partial charge < -0.3 is 36.0 Å². The fourth-order valence-corrected chi connectivity index (χ4v) is 4.35. The summed E-state index contributed by atoms with van der Waals surface area (Å²) in [6, 6.07) is -1.22. The minimum absolute atomic E-state index is 0.108. The molecule has 206 valence electrons. The maximum atomic E-state index is 12.5. The number of aliphatic hydroxyl groups is 5.